The highest BCUT2D eigenvalue weighted by atomic mass is 32.2. The van der Waals surface area contributed by atoms with Gasteiger partial charge in [0.05, 0.1) is 5.56 Å². The number of nitrogens with one attached hydrogen (secondary N) is 1. The Labute approximate surface area is 127 Å². The molecule has 114 valence electrons. The minimum atomic E-state index is -0.526. The standard InChI is InChI=1S/C15H19FN2O2S/c1-21-12-7-3-6-11(16)13(12)15(20)18-10-5-2-4-9(8-10)14(17)19/h3,6-7,9-10H,2,4-5,8H2,1H3,(H2,17,19)(H,18,20)/t9-,10+/m1/s1. The van der Waals surface area contributed by atoms with Gasteiger partial charge in [-0.05, 0) is 37.7 Å². The molecule has 0 aromatic heterocycles. The number of thioether (sulfide) groups is 1. The Bertz CT molecular complexity index is 550. The SMILES string of the molecule is CSc1cccc(F)c1C(=O)N[C@H]1CCC[C@@H](C(N)=O)C1. The zero-order chi connectivity index (χ0) is 15.4. The van der Waals surface area contributed by atoms with Crippen molar-refractivity contribution >= 4 is 23.6 Å². The molecule has 1 saturated carbocycles. The number of benzene rings is 1. The Balaban J connectivity index is 2.10. The maximum Gasteiger partial charge on any atom is 0.255 e. The van der Waals surface area contributed by atoms with Crippen molar-refractivity contribution in [2.45, 2.75) is 36.6 Å². The molecule has 0 bridgehead atoms. The van der Waals surface area contributed by atoms with Crippen molar-refractivity contribution in [2.75, 3.05) is 6.26 Å². The molecule has 3 N–H and O–H groups in total. The smallest absolute Gasteiger partial charge is 0.255 e. The summed E-state index contributed by atoms with van der Waals surface area (Å²) in [6, 6.07) is 4.46. The van der Waals surface area contributed by atoms with Crippen LogP contribution in [0, 0.1) is 11.7 Å². The molecule has 0 radical (unpaired) electrons. The number of rotatable bonds is 4. The van der Waals surface area contributed by atoms with Crippen LogP contribution in [-0.4, -0.2) is 24.1 Å². The third kappa shape index (κ3) is 3.75. The molecule has 2 amide bonds. The number of halogens is 1. The maximum atomic E-state index is 13.9. The van der Waals surface area contributed by atoms with E-state index in [1.165, 1.54) is 17.8 Å². The molecule has 1 aliphatic carbocycles. The number of hydrogen-bond donors (Lipinski definition) is 2. The predicted molar refractivity (Wildman–Crippen MR) is 80.6 cm³/mol. The molecule has 21 heavy (non-hydrogen) atoms. The van der Waals surface area contributed by atoms with Gasteiger partial charge < -0.3 is 11.1 Å². The molecule has 1 aliphatic rings. The van der Waals surface area contributed by atoms with Gasteiger partial charge in [0.15, 0.2) is 0 Å². The highest BCUT2D eigenvalue weighted by Crippen LogP contribution is 2.26. The molecule has 0 heterocycles. The van der Waals surface area contributed by atoms with Crippen molar-refractivity contribution in [1.29, 1.82) is 0 Å². The Morgan fingerprint density at radius 2 is 2.14 bits per heavy atom. The molecule has 4 nitrogen and oxygen atoms in total. The van der Waals surface area contributed by atoms with Crippen LogP contribution in [0.25, 0.3) is 0 Å². The first-order valence-electron chi connectivity index (χ1n) is 6.95. The monoisotopic (exact) mass is 310 g/mol. The molecule has 2 atom stereocenters. The zero-order valence-electron chi connectivity index (χ0n) is 11.9. The van der Waals surface area contributed by atoms with E-state index in [1.807, 2.05) is 0 Å². The summed E-state index contributed by atoms with van der Waals surface area (Å²) in [6.45, 7) is 0. The number of carbonyl (C=O) groups is 2. The van der Waals surface area contributed by atoms with Crippen LogP contribution in [0.15, 0.2) is 23.1 Å². The summed E-state index contributed by atoms with van der Waals surface area (Å²) in [5.41, 5.74) is 5.40. The molecule has 0 aliphatic heterocycles. The molecular formula is C15H19FN2O2S. The third-order valence-corrected chi connectivity index (χ3v) is 4.61. The highest BCUT2D eigenvalue weighted by Gasteiger charge is 2.28. The second-order valence-corrected chi connectivity index (χ2v) is 6.10. The van der Waals surface area contributed by atoms with Crippen LogP contribution in [0.1, 0.15) is 36.0 Å². The van der Waals surface area contributed by atoms with E-state index in [1.54, 1.807) is 18.4 Å². The summed E-state index contributed by atoms with van der Waals surface area (Å²) in [5, 5.41) is 2.84. The van der Waals surface area contributed by atoms with E-state index in [9.17, 15) is 14.0 Å². The van der Waals surface area contributed by atoms with Crippen molar-refractivity contribution in [3.05, 3.63) is 29.6 Å². The van der Waals surface area contributed by atoms with E-state index in [-0.39, 0.29) is 23.4 Å². The maximum absolute atomic E-state index is 13.9. The van der Waals surface area contributed by atoms with Gasteiger partial charge in [0, 0.05) is 16.9 Å². The molecular weight excluding hydrogens is 291 g/mol. The van der Waals surface area contributed by atoms with E-state index in [2.05, 4.69) is 5.32 Å². The van der Waals surface area contributed by atoms with Crippen LogP contribution in [0.5, 0.6) is 0 Å². The number of carbonyl (C=O) groups excluding carboxylic acids is 2. The summed E-state index contributed by atoms with van der Waals surface area (Å²) in [7, 11) is 0. The first-order valence-corrected chi connectivity index (χ1v) is 8.18. The average molecular weight is 310 g/mol. The second kappa shape index (κ2) is 6.93. The number of amides is 2. The first kappa shape index (κ1) is 15.8. The molecule has 0 saturated heterocycles. The van der Waals surface area contributed by atoms with Crippen molar-refractivity contribution < 1.29 is 14.0 Å². The van der Waals surface area contributed by atoms with Gasteiger partial charge in [-0.25, -0.2) is 4.39 Å². The van der Waals surface area contributed by atoms with Crippen molar-refractivity contribution in [2.24, 2.45) is 11.7 Å². The molecule has 1 aromatic rings. The van der Waals surface area contributed by atoms with Crippen LogP contribution in [-0.2, 0) is 4.79 Å². The lowest BCUT2D eigenvalue weighted by Crippen LogP contribution is -2.41. The average Bonchev–Trinajstić information content (AvgIpc) is 2.46. The van der Waals surface area contributed by atoms with E-state index < -0.39 is 11.7 Å². The van der Waals surface area contributed by atoms with Crippen LogP contribution < -0.4 is 11.1 Å². The van der Waals surface area contributed by atoms with Crippen LogP contribution in [0.4, 0.5) is 4.39 Å². The number of nitrogens with two attached hydrogens (primary N) is 1. The predicted octanol–water partition coefficient (Wildman–Crippen LogP) is 2.32. The summed E-state index contributed by atoms with van der Waals surface area (Å²) < 4.78 is 13.9. The Kier molecular flexibility index (Phi) is 5.22. The van der Waals surface area contributed by atoms with Gasteiger partial charge in [0.2, 0.25) is 5.91 Å². The van der Waals surface area contributed by atoms with E-state index >= 15 is 0 Å². The van der Waals surface area contributed by atoms with Gasteiger partial charge in [0.25, 0.3) is 5.91 Å². The number of primary amides is 1. The minimum Gasteiger partial charge on any atom is -0.369 e. The van der Waals surface area contributed by atoms with Crippen LogP contribution in [0.3, 0.4) is 0 Å². The molecule has 1 fully saturated rings. The summed E-state index contributed by atoms with van der Waals surface area (Å²) in [4.78, 5) is 24.2. The van der Waals surface area contributed by atoms with Crippen LogP contribution in [0.2, 0.25) is 0 Å². The lowest BCUT2D eigenvalue weighted by molar-refractivity contribution is -0.122. The number of hydrogen-bond acceptors (Lipinski definition) is 3. The van der Waals surface area contributed by atoms with E-state index in [4.69, 9.17) is 5.73 Å². The molecule has 6 heteroatoms. The van der Waals surface area contributed by atoms with Crippen molar-refractivity contribution in [1.82, 2.24) is 5.32 Å². The van der Waals surface area contributed by atoms with Gasteiger partial charge in [-0.1, -0.05) is 12.5 Å². The Hall–Kier alpha value is -1.56. The fourth-order valence-corrected chi connectivity index (χ4v) is 3.34. The molecule has 2 rings (SSSR count). The summed E-state index contributed by atoms with van der Waals surface area (Å²) >= 11 is 1.33. The normalized spacial score (nSPS) is 21.8. The first-order chi connectivity index (χ1) is 10.0. The van der Waals surface area contributed by atoms with Crippen molar-refractivity contribution in [3.63, 3.8) is 0 Å². The fourth-order valence-electron chi connectivity index (χ4n) is 2.73. The topological polar surface area (TPSA) is 72.2 Å². The van der Waals surface area contributed by atoms with E-state index in [0.717, 1.165) is 19.3 Å². The van der Waals surface area contributed by atoms with Gasteiger partial charge in [0.1, 0.15) is 5.82 Å². The van der Waals surface area contributed by atoms with Gasteiger partial charge in [-0.2, -0.15) is 0 Å². The van der Waals surface area contributed by atoms with Crippen molar-refractivity contribution in [3.8, 4) is 0 Å². The van der Waals surface area contributed by atoms with Gasteiger partial charge in [-0.15, -0.1) is 11.8 Å². The third-order valence-electron chi connectivity index (χ3n) is 3.83. The van der Waals surface area contributed by atoms with Crippen LogP contribution >= 0.6 is 11.8 Å². The lowest BCUT2D eigenvalue weighted by Gasteiger charge is -2.28. The Morgan fingerprint density at radius 1 is 1.38 bits per heavy atom. The zero-order valence-corrected chi connectivity index (χ0v) is 12.7. The molecule has 1 aromatic carbocycles. The lowest BCUT2D eigenvalue weighted by atomic mass is 9.85. The summed E-state index contributed by atoms with van der Waals surface area (Å²) in [6.07, 6.45) is 4.72. The van der Waals surface area contributed by atoms with Gasteiger partial charge in [-0.3, -0.25) is 9.59 Å². The molecule has 0 spiro atoms. The Morgan fingerprint density at radius 3 is 2.81 bits per heavy atom. The largest absolute Gasteiger partial charge is 0.369 e. The summed E-state index contributed by atoms with van der Waals surface area (Å²) in [5.74, 6) is -1.48. The highest BCUT2D eigenvalue weighted by molar-refractivity contribution is 7.98. The van der Waals surface area contributed by atoms with Gasteiger partial charge >= 0.3 is 0 Å². The minimum absolute atomic E-state index is 0.0752. The van der Waals surface area contributed by atoms with E-state index in [0.29, 0.717) is 11.3 Å². The fraction of sp³-hybridized carbons (Fsp3) is 0.467. The molecule has 0 unspecified atom stereocenters. The second-order valence-electron chi connectivity index (χ2n) is 5.25. The quantitative estimate of drug-likeness (QED) is 0.838.